The number of ether oxygens (including phenoxy) is 1. The summed E-state index contributed by atoms with van der Waals surface area (Å²) < 4.78 is 37.9. The van der Waals surface area contributed by atoms with Gasteiger partial charge in [0.2, 0.25) is 0 Å². The fraction of sp³-hybridized carbons (Fsp3) is 0.167. The Morgan fingerprint density at radius 1 is 1.17 bits per heavy atom. The van der Waals surface area contributed by atoms with Gasteiger partial charge < -0.3 is 9.15 Å². The first-order valence-electron chi connectivity index (χ1n) is 7.31. The molecule has 0 bridgehead atoms. The van der Waals surface area contributed by atoms with Gasteiger partial charge in [-0.3, -0.25) is 0 Å². The molecule has 0 aliphatic rings. The van der Waals surface area contributed by atoms with Crippen LogP contribution < -0.4 is 10.4 Å². The van der Waals surface area contributed by atoms with Crippen molar-refractivity contribution in [3.05, 3.63) is 74.6 Å². The molecule has 24 heavy (non-hydrogen) atoms. The van der Waals surface area contributed by atoms with Gasteiger partial charge in [-0.1, -0.05) is 24.6 Å². The molecule has 3 nitrogen and oxygen atoms in total. The summed E-state index contributed by atoms with van der Waals surface area (Å²) in [7, 11) is 0. The maximum Gasteiger partial charge on any atom is 0.336 e. The fourth-order valence-electron chi connectivity index (χ4n) is 2.45. The Bertz CT molecular complexity index is 946. The number of hydrogen-bond donors (Lipinski definition) is 0. The number of hydrogen-bond acceptors (Lipinski definition) is 3. The summed E-state index contributed by atoms with van der Waals surface area (Å²) in [5.74, 6) is -1.22. The molecule has 0 amide bonds. The lowest BCUT2D eigenvalue weighted by molar-refractivity contribution is 0.292. The van der Waals surface area contributed by atoms with Gasteiger partial charge in [-0.05, 0) is 30.2 Å². The van der Waals surface area contributed by atoms with Gasteiger partial charge in [0.25, 0.3) is 0 Å². The van der Waals surface area contributed by atoms with Crippen molar-refractivity contribution in [2.45, 2.75) is 20.0 Å². The standard InChI is InChI=1S/C18H13ClF2O3/c1-2-10-6-18(22)24-16-8-17(13(19)7-11(10)16)23-9-12-14(20)4-3-5-15(12)21/h3-8H,2,9H2,1H3. The topological polar surface area (TPSA) is 39.4 Å². The Hall–Kier alpha value is -2.40. The van der Waals surface area contributed by atoms with Crippen LogP contribution in [0.4, 0.5) is 8.78 Å². The number of rotatable bonds is 4. The van der Waals surface area contributed by atoms with Crippen LogP contribution in [0.25, 0.3) is 11.0 Å². The van der Waals surface area contributed by atoms with Gasteiger partial charge in [0.1, 0.15) is 29.6 Å². The second kappa shape index (κ2) is 6.61. The predicted molar refractivity (Wildman–Crippen MR) is 87.6 cm³/mol. The average molecular weight is 351 g/mol. The third kappa shape index (κ3) is 3.12. The summed E-state index contributed by atoms with van der Waals surface area (Å²) in [6.07, 6.45) is 0.638. The van der Waals surface area contributed by atoms with E-state index in [0.717, 1.165) is 17.7 Å². The Kier molecular flexibility index (Phi) is 4.53. The highest BCUT2D eigenvalue weighted by molar-refractivity contribution is 6.32. The number of fused-ring (bicyclic) bond motifs is 1. The zero-order valence-electron chi connectivity index (χ0n) is 12.7. The van der Waals surface area contributed by atoms with E-state index in [2.05, 4.69) is 0 Å². The van der Waals surface area contributed by atoms with Gasteiger partial charge in [0.05, 0.1) is 10.6 Å². The van der Waals surface area contributed by atoms with Crippen molar-refractivity contribution < 1.29 is 17.9 Å². The Morgan fingerprint density at radius 3 is 2.54 bits per heavy atom. The van der Waals surface area contributed by atoms with Crippen LogP contribution in [0.5, 0.6) is 5.75 Å². The quantitative estimate of drug-likeness (QED) is 0.630. The smallest absolute Gasteiger partial charge is 0.336 e. The number of benzene rings is 2. The lowest BCUT2D eigenvalue weighted by Gasteiger charge is -2.11. The van der Waals surface area contributed by atoms with Crippen molar-refractivity contribution in [3.63, 3.8) is 0 Å². The molecular weight excluding hydrogens is 338 g/mol. The zero-order valence-corrected chi connectivity index (χ0v) is 13.5. The van der Waals surface area contributed by atoms with E-state index in [-0.39, 0.29) is 22.9 Å². The van der Waals surface area contributed by atoms with E-state index in [9.17, 15) is 13.6 Å². The first-order valence-corrected chi connectivity index (χ1v) is 7.69. The van der Waals surface area contributed by atoms with Crippen LogP contribution in [0, 0.1) is 11.6 Å². The summed E-state index contributed by atoms with van der Waals surface area (Å²) in [4.78, 5) is 11.6. The van der Waals surface area contributed by atoms with Crippen LogP contribution in [0.2, 0.25) is 5.02 Å². The van der Waals surface area contributed by atoms with Crippen molar-refractivity contribution in [2.75, 3.05) is 0 Å². The van der Waals surface area contributed by atoms with Gasteiger partial charge in [-0.15, -0.1) is 0 Å². The number of aryl methyl sites for hydroxylation is 1. The molecule has 124 valence electrons. The van der Waals surface area contributed by atoms with E-state index < -0.39 is 17.3 Å². The minimum atomic E-state index is -0.702. The van der Waals surface area contributed by atoms with Crippen LogP contribution in [0.15, 0.2) is 45.6 Å². The fourth-order valence-corrected chi connectivity index (χ4v) is 2.67. The van der Waals surface area contributed by atoms with E-state index in [1.165, 1.54) is 18.2 Å². The normalized spacial score (nSPS) is 11.0. The maximum absolute atomic E-state index is 13.6. The second-order valence-electron chi connectivity index (χ2n) is 5.21. The molecule has 1 heterocycles. The van der Waals surface area contributed by atoms with Crippen molar-refractivity contribution in [2.24, 2.45) is 0 Å². The minimum Gasteiger partial charge on any atom is -0.487 e. The van der Waals surface area contributed by atoms with E-state index in [4.69, 9.17) is 20.8 Å². The van der Waals surface area contributed by atoms with Gasteiger partial charge in [-0.2, -0.15) is 0 Å². The highest BCUT2D eigenvalue weighted by Crippen LogP contribution is 2.32. The molecule has 2 aromatic carbocycles. The molecule has 0 unspecified atom stereocenters. The summed E-state index contributed by atoms with van der Waals surface area (Å²) in [5, 5.41) is 0.967. The number of halogens is 3. The molecule has 3 aromatic rings. The van der Waals surface area contributed by atoms with Crippen LogP contribution in [0.1, 0.15) is 18.1 Å². The molecule has 3 rings (SSSR count). The van der Waals surface area contributed by atoms with Crippen LogP contribution in [-0.4, -0.2) is 0 Å². The second-order valence-corrected chi connectivity index (χ2v) is 5.62. The largest absolute Gasteiger partial charge is 0.487 e. The van der Waals surface area contributed by atoms with Crippen molar-refractivity contribution >= 4 is 22.6 Å². The highest BCUT2D eigenvalue weighted by Gasteiger charge is 2.13. The zero-order chi connectivity index (χ0) is 17.3. The van der Waals surface area contributed by atoms with E-state index >= 15 is 0 Å². The highest BCUT2D eigenvalue weighted by atomic mass is 35.5. The van der Waals surface area contributed by atoms with Crippen molar-refractivity contribution in [1.82, 2.24) is 0 Å². The molecule has 0 atom stereocenters. The lowest BCUT2D eigenvalue weighted by atomic mass is 10.1. The molecule has 0 saturated carbocycles. The molecule has 0 aliphatic carbocycles. The molecule has 0 radical (unpaired) electrons. The Morgan fingerprint density at radius 2 is 1.88 bits per heavy atom. The van der Waals surface area contributed by atoms with Crippen LogP contribution in [-0.2, 0) is 13.0 Å². The molecule has 1 aromatic heterocycles. The van der Waals surface area contributed by atoms with E-state index in [1.54, 1.807) is 6.07 Å². The molecule has 0 saturated heterocycles. The third-order valence-electron chi connectivity index (χ3n) is 3.70. The molecule has 0 spiro atoms. The molecule has 0 fully saturated rings. The van der Waals surface area contributed by atoms with Gasteiger partial charge in [-0.25, -0.2) is 13.6 Å². The van der Waals surface area contributed by atoms with Crippen molar-refractivity contribution in [1.29, 1.82) is 0 Å². The first-order chi connectivity index (χ1) is 11.5. The predicted octanol–water partition coefficient (Wildman–Crippen LogP) is 4.87. The van der Waals surface area contributed by atoms with Gasteiger partial charge in [0, 0.05) is 17.5 Å². The third-order valence-corrected chi connectivity index (χ3v) is 3.99. The molecule has 0 N–H and O–H groups in total. The Labute approximate surface area is 141 Å². The van der Waals surface area contributed by atoms with Crippen LogP contribution >= 0.6 is 11.6 Å². The summed E-state index contributed by atoms with van der Waals surface area (Å²) in [6, 6.07) is 8.06. The molecular formula is C18H13ClF2O3. The average Bonchev–Trinajstić information content (AvgIpc) is 2.54. The van der Waals surface area contributed by atoms with Gasteiger partial charge in [0.15, 0.2) is 0 Å². The van der Waals surface area contributed by atoms with Crippen molar-refractivity contribution in [3.8, 4) is 5.75 Å². The lowest BCUT2D eigenvalue weighted by Crippen LogP contribution is -2.03. The van der Waals surface area contributed by atoms with E-state index in [0.29, 0.717) is 17.4 Å². The molecule has 6 heteroatoms. The van der Waals surface area contributed by atoms with Gasteiger partial charge >= 0.3 is 5.63 Å². The molecule has 0 aliphatic heterocycles. The van der Waals surface area contributed by atoms with E-state index in [1.807, 2.05) is 6.92 Å². The minimum absolute atomic E-state index is 0.184. The Balaban J connectivity index is 1.98. The first kappa shape index (κ1) is 16.5. The maximum atomic E-state index is 13.6. The van der Waals surface area contributed by atoms with Crippen LogP contribution in [0.3, 0.4) is 0 Å². The summed E-state index contributed by atoms with van der Waals surface area (Å²) in [5.41, 5.74) is 0.438. The summed E-state index contributed by atoms with van der Waals surface area (Å²) >= 11 is 6.19. The summed E-state index contributed by atoms with van der Waals surface area (Å²) in [6.45, 7) is 1.58. The monoisotopic (exact) mass is 350 g/mol. The SMILES string of the molecule is CCc1cc(=O)oc2cc(OCc3c(F)cccc3F)c(Cl)cc12.